The van der Waals surface area contributed by atoms with E-state index in [2.05, 4.69) is 117 Å². The van der Waals surface area contributed by atoms with Gasteiger partial charge in [0.1, 0.15) is 17.4 Å². The maximum absolute atomic E-state index is 6.44. The van der Waals surface area contributed by atoms with Crippen LogP contribution in [0.2, 0.25) is 5.02 Å². The number of hydrogen-bond acceptors (Lipinski definition) is 9. The molecule has 6 aromatic rings. The average Bonchev–Trinajstić information content (AvgIpc) is 3.25. The second-order valence-electron chi connectivity index (χ2n) is 15.0. The molecule has 2 aliphatic rings. The number of pyridine rings is 2. The molecule has 9 nitrogen and oxygen atoms in total. The van der Waals surface area contributed by atoms with Gasteiger partial charge in [0, 0.05) is 50.0 Å². The van der Waals surface area contributed by atoms with E-state index in [4.69, 9.17) is 35.8 Å². The van der Waals surface area contributed by atoms with E-state index in [1.165, 1.54) is 11.1 Å². The molecule has 0 spiro atoms. The summed E-state index contributed by atoms with van der Waals surface area (Å²) in [5.41, 5.74) is 4.44. The number of nitrogens with zero attached hydrogens (tertiary/aromatic N) is 6. The Balaban J connectivity index is 1.10. The fourth-order valence-electron chi connectivity index (χ4n) is 8.47. The van der Waals surface area contributed by atoms with Crippen molar-refractivity contribution in [3.63, 3.8) is 0 Å². The van der Waals surface area contributed by atoms with Gasteiger partial charge >= 0.3 is 0 Å². The van der Waals surface area contributed by atoms with Gasteiger partial charge in [0.25, 0.3) is 0 Å². The summed E-state index contributed by atoms with van der Waals surface area (Å²) in [6, 6.07) is 38.6. The highest BCUT2D eigenvalue weighted by molar-refractivity contribution is 6.32. The lowest BCUT2D eigenvalue weighted by molar-refractivity contribution is 0.183. The van der Waals surface area contributed by atoms with Crippen LogP contribution >= 0.6 is 11.6 Å². The van der Waals surface area contributed by atoms with Crippen molar-refractivity contribution in [3.8, 4) is 17.2 Å². The number of para-hydroxylation sites is 2. The van der Waals surface area contributed by atoms with Crippen molar-refractivity contribution in [1.82, 2.24) is 19.8 Å². The van der Waals surface area contributed by atoms with Gasteiger partial charge in [-0.1, -0.05) is 60.1 Å². The van der Waals surface area contributed by atoms with Crippen LogP contribution in [0.5, 0.6) is 17.2 Å². The van der Waals surface area contributed by atoms with Crippen LogP contribution in [-0.4, -0.2) is 78.4 Å². The van der Waals surface area contributed by atoms with Crippen molar-refractivity contribution in [2.45, 2.75) is 64.7 Å². The molecule has 0 radical (unpaired) electrons. The summed E-state index contributed by atoms with van der Waals surface area (Å²) in [4.78, 5) is 15.8. The second kappa shape index (κ2) is 18.0. The molecule has 8 rings (SSSR count). The number of methoxy groups -OCH3 is 1. The van der Waals surface area contributed by atoms with Crippen molar-refractivity contribution in [2.24, 2.45) is 0 Å². The Hall–Kier alpha value is -5.09. The standard InChI is InChI=1S/C47H53ClN6O3/c1-4-56-44-30-34(14-18-40(44)48)32-51-26-22-38(23-27-51)53(46-20-16-36-10-6-8-12-41(36)49-46)54(47-21-17-37-11-7-9-13-42(37)50-47)39-24-28-52(29-25-39)33-35-15-19-43(55-3)45(31-35)57-5-2/h6-21,30-31,38-39H,4-5,22-29,32-33H2,1-3H3. The Morgan fingerprint density at radius 3 is 1.56 bits per heavy atom. The van der Waals surface area contributed by atoms with Gasteiger partial charge in [0.15, 0.2) is 11.5 Å². The normalized spacial score (nSPS) is 15.9. The van der Waals surface area contributed by atoms with Crippen molar-refractivity contribution in [1.29, 1.82) is 0 Å². The van der Waals surface area contributed by atoms with Crippen LogP contribution in [0.1, 0.15) is 50.7 Å². The molecule has 57 heavy (non-hydrogen) atoms. The zero-order valence-electron chi connectivity index (χ0n) is 33.3. The molecule has 4 aromatic carbocycles. The Morgan fingerprint density at radius 2 is 1.05 bits per heavy atom. The second-order valence-corrected chi connectivity index (χ2v) is 15.5. The number of hydrogen-bond donors (Lipinski definition) is 0. The number of benzene rings is 4. The van der Waals surface area contributed by atoms with Crippen molar-refractivity contribution >= 4 is 45.0 Å². The number of aromatic nitrogens is 2. The number of rotatable bonds is 14. The number of likely N-dealkylation sites (tertiary alicyclic amines) is 2. The molecular weight excluding hydrogens is 732 g/mol. The van der Waals surface area contributed by atoms with E-state index in [-0.39, 0.29) is 12.1 Å². The summed E-state index contributed by atoms with van der Waals surface area (Å²) in [6.07, 6.45) is 3.96. The fraction of sp³-hybridized carbons (Fsp3) is 0.362. The number of ether oxygens (including phenoxy) is 3. The largest absolute Gasteiger partial charge is 0.493 e. The lowest BCUT2D eigenvalue weighted by Crippen LogP contribution is -2.59. The number of piperidine rings is 2. The zero-order valence-corrected chi connectivity index (χ0v) is 34.1. The SMILES string of the molecule is CCOc1cc(CN2CCC(N(c3ccc4ccccc4n3)N(c3ccc4ccccc4n3)C3CCN(Cc4ccc(OC)c(OCC)c4)CC3)CC2)ccc1Cl. The number of halogens is 1. The molecule has 0 saturated carbocycles. The summed E-state index contributed by atoms with van der Waals surface area (Å²) in [5.74, 6) is 4.25. The van der Waals surface area contributed by atoms with Crippen LogP contribution in [0.4, 0.5) is 11.6 Å². The van der Waals surface area contributed by atoms with Crippen molar-refractivity contribution in [3.05, 3.63) is 125 Å². The van der Waals surface area contributed by atoms with E-state index in [1.54, 1.807) is 7.11 Å². The van der Waals surface area contributed by atoms with Gasteiger partial charge in [-0.15, -0.1) is 0 Å². The third-order valence-electron chi connectivity index (χ3n) is 11.3. The van der Waals surface area contributed by atoms with Gasteiger partial charge in [0.05, 0.1) is 48.5 Å². The highest BCUT2D eigenvalue weighted by Crippen LogP contribution is 2.35. The predicted octanol–water partition coefficient (Wildman–Crippen LogP) is 9.80. The summed E-state index contributed by atoms with van der Waals surface area (Å²) < 4.78 is 17.3. The minimum absolute atomic E-state index is 0.224. The van der Waals surface area contributed by atoms with E-state index in [9.17, 15) is 0 Å². The summed E-state index contributed by atoms with van der Waals surface area (Å²) in [6.45, 7) is 10.8. The molecule has 0 aliphatic carbocycles. The first-order valence-electron chi connectivity index (χ1n) is 20.4. The van der Waals surface area contributed by atoms with Crippen LogP contribution in [0.15, 0.2) is 109 Å². The smallest absolute Gasteiger partial charge is 0.161 e. The average molecular weight is 785 g/mol. The Bertz CT molecular complexity index is 2270. The van der Waals surface area contributed by atoms with Gasteiger partial charge in [-0.3, -0.25) is 19.8 Å². The van der Waals surface area contributed by atoms with E-state index >= 15 is 0 Å². The summed E-state index contributed by atoms with van der Waals surface area (Å²) in [7, 11) is 1.69. The van der Waals surface area contributed by atoms with Gasteiger partial charge in [0.2, 0.25) is 0 Å². The monoisotopic (exact) mass is 784 g/mol. The van der Waals surface area contributed by atoms with E-state index in [0.717, 1.165) is 116 Å². The predicted molar refractivity (Wildman–Crippen MR) is 232 cm³/mol. The molecule has 0 amide bonds. The fourth-order valence-corrected chi connectivity index (χ4v) is 8.65. The molecule has 2 aliphatic heterocycles. The van der Waals surface area contributed by atoms with Gasteiger partial charge in [-0.2, -0.15) is 0 Å². The minimum Gasteiger partial charge on any atom is -0.493 e. The molecule has 2 saturated heterocycles. The highest BCUT2D eigenvalue weighted by atomic mass is 35.5. The lowest BCUT2D eigenvalue weighted by atomic mass is 10.0. The third kappa shape index (κ3) is 8.91. The van der Waals surface area contributed by atoms with Gasteiger partial charge < -0.3 is 14.2 Å². The Labute approximate surface area is 341 Å². The van der Waals surface area contributed by atoms with E-state index in [1.807, 2.05) is 26.0 Å². The molecule has 0 bridgehead atoms. The molecular formula is C47H53ClN6O3. The first-order valence-corrected chi connectivity index (χ1v) is 20.8. The first-order chi connectivity index (χ1) is 28.0. The van der Waals surface area contributed by atoms with Gasteiger partial charge in [-0.25, -0.2) is 9.97 Å². The topological polar surface area (TPSA) is 66.4 Å². The molecule has 0 atom stereocenters. The van der Waals surface area contributed by atoms with Crippen LogP contribution < -0.4 is 24.2 Å². The van der Waals surface area contributed by atoms with Crippen LogP contribution in [0.25, 0.3) is 21.8 Å². The van der Waals surface area contributed by atoms with Crippen LogP contribution in [-0.2, 0) is 13.1 Å². The van der Waals surface area contributed by atoms with Crippen LogP contribution in [0, 0.1) is 0 Å². The molecule has 296 valence electrons. The first kappa shape index (κ1) is 38.8. The highest BCUT2D eigenvalue weighted by Gasteiger charge is 2.36. The Kier molecular flexibility index (Phi) is 12.3. The van der Waals surface area contributed by atoms with Crippen molar-refractivity contribution < 1.29 is 14.2 Å². The van der Waals surface area contributed by atoms with E-state index in [0.29, 0.717) is 18.2 Å². The van der Waals surface area contributed by atoms with Crippen molar-refractivity contribution in [2.75, 3.05) is 56.5 Å². The minimum atomic E-state index is 0.224. The summed E-state index contributed by atoms with van der Waals surface area (Å²) in [5, 5.41) is 7.98. The molecule has 2 fully saturated rings. The Morgan fingerprint density at radius 1 is 0.579 bits per heavy atom. The number of fused-ring (bicyclic) bond motifs is 2. The maximum atomic E-state index is 6.44. The molecule has 0 N–H and O–H groups in total. The molecule has 4 heterocycles. The quantitative estimate of drug-likeness (QED) is 0.101. The van der Waals surface area contributed by atoms with E-state index < -0.39 is 0 Å². The van der Waals surface area contributed by atoms with Crippen LogP contribution in [0.3, 0.4) is 0 Å². The molecule has 0 unspecified atom stereocenters. The van der Waals surface area contributed by atoms with Gasteiger partial charge in [-0.05, 0) is 111 Å². The molecule has 10 heteroatoms. The number of hydrazine groups is 1. The maximum Gasteiger partial charge on any atom is 0.161 e. The number of anilines is 2. The zero-order chi connectivity index (χ0) is 39.1. The molecule has 2 aromatic heterocycles. The lowest BCUT2D eigenvalue weighted by Gasteiger charge is -2.49. The summed E-state index contributed by atoms with van der Waals surface area (Å²) >= 11 is 6.44. The third-order valence-corrected chi connectivity index (χ3v) is 11.6.